The minimum atomic E-state index is -0.853. The van der Waals surface area contributed by atoms with Gasteiger partial charge in [-0.05, 0) is 43.7 Å². The van der Waals surface area contributed by atoms with E-state index >= 15 is 0 Å². The molecular formula is C18H25N3. The molecule has 2 N–H and O–H groups in total. The van der Waals surface area contributed by atoms with Crippen molar-refractivity contribution in [2.75, 3.05) is 13.1 Å². The summed E-state index contributed by atoms with van der Waals surface area (Å²) in [5.41, 5.74) is 6.46. The average Bonchev–Trinajstić information content (AvgIpc) is 2.97. The molecule has 1 aliphatic carbocycles. The summed E-state index contributed by atoms with van der Waals surface area (Å²) in [6.07, 6.45) is 7.54. The second-order valence-electron chi connectivity index (χ2n) is 6.64. The Kier molecular flexibility index (Phi) is 4.28. The van der Waals surface area contributed by atoms with Crippen LogP contribution in [0, 0.1) is 17.2 Å². The van der Waals surface area contributed by atoms with Crippen molar-refractivity contribution in [3.8, 4) is 6.07 Å². The number of hydrogen-bond donors (Lipinski definition) is 1. The highest BCUT2D eigenvalue weighted by Crippen LogP contribution is 2.36. The molecule has 0 radical (unpaired) electrons. The monoisotopic (exact) mass is 283 g/mol. The standard InChI is InChI=1S/C18H25N3/c19-14-18(20,16-7-2-1-3-8-16)11-13-21-12-10-15-6-4-5-9-17(15)21/h1-3,7-8,15,17H,4-6,9-13,20H2. The Hall–Kier alpha value is -1.37. The van der Waals surface area contributed by atoms with Gasteiger partial charge < -0.3 is 5.73 Å². The number of benzene rings is 1. The first-order valence-electron chi connectivity index (χ1n) is 8.23. The van der Waals surface area contributed by atoms with Crippen LogP contribution in [0.4, 0.5) is 0 Å². The van der Waals surface area contributed by atoms with Crippen LogP contribution in [0.15, 0.2) is 30.3 Å². The molecule has 2 fully saturated rings. The molecule has 21 heavy (non-hydrogen) atoms. The summed E-state index contributed by atoms with van der Waals surface area (Å²) in [7, 11) is 0. The van der Waals surface area contributed by atoms with Crippen molar-refractivity contribution < 1.29 is 0 Å². The summed E-state index contributed by atoms with van der Waals surface area (Å²) in [4.78, 5) is 2.59. The minimum absolute atomic E-state index is 0.719. The predicted molar refractivity (Wildman–Crippen MR) is 84.5 cm³/mol. The third-order valence-corrected chi connectivity index (χ3v) is 5.41. The van der Waals surface area contributed by atoms with Gasteiger partial charge in [0, 0.05) is 12.6 Å². The Morgan fingerprint density at radius 2 is 1.95 bits per heavy atom. The van der Waals surface area contributed by atoms with Gasteiger partial charge in [0.15, 0.2) is 0 Å². The summed E-state index contributed by atoms with van der Waals surface area (Å²) in [5, 5.41) is 9.55. The maximum Gasteiger partial charge on any atom is 0.131 e. The van der Waals surface area contributed by atoms with Crippen molar-refractivity contribution >= 4 is 0 Å². The summed E-state index contributed by atoms with van der Waals surface area (Å²) in [5.74, 6) is 0.893. The number of fused-ring (bicyclic) bond motifs is 1. The van der Waals surface area contributed by atoms with E-state index in [-0.39, 0.29) is 0 Å². The smallest absolute Gasteiger partial charge is 0.131 e. The molecule has 2 aliphatic rings. The van der Waals surface area contributed by atoms with Crippen LogP contribution in [-0.2, 0) is 5.54 Å². The fourth-order valence-electron chi connectivity index (χ4n) is 4.10. The summed E-state index contributed by atoms with van der Waals surface area (Å²) < 4.78 is 0. The van der Waals surface area contributed by atoms with Crippen molar-refractivity contribution in [2.24, 2.45) is 11.7 Å². The molecule has 1 saturated carbocycles. The van der Waals surface area contributed by atoms with Gasteiger partial charge in [-0.1, -0.05) is 43.2 Å². The fraction of sp³-hybridized carbons (Fsp3) is 0.611. The molecule has 112 valence electrons. The van der Waals surface area contributed by atoms with Gasteiger partial charge in [-0.2, -0.15) is 5.26 Å². The van der Waals surface area contributed by atoms with Crippen molar-refractivity contribution in [2.45, 2.75) is 50.1 Å². The zero-order valence-electron chi connectivity index (χ0n) is 12.7. The SMILES string of the molecule is N#CC(N)(CCN1CCC2CCCCC21)c1ccccc1. The van der Waals surface area contributed by atoms with E-state index in [4.69, 9.17) is 5.73 Å². The topological polar surface area (TPSA) is 53.1 Å². The Morgan fingerprint density at radius 1 is 1.19 bits per heavy atom. The first-order chi connectivity index (χ1) is 10.2. The molecule has 0 bridgehead atoms. The van der Waals surface area contributed by atoms with E-state index < -0.39 is 5.54 Å². The highest BCUT2D eigenvalue weighted by Gasteiger charge is 2.37. The van der Waals surface area contributed by atoms with Crippen LogP contribution in [0.1, 0.15) is 44.1 Å². The van der Waals surface area contributed by atoms with Gasteiger partial charge in [-0.25, -0.2) is 0 Å². The van der Waals surface area contributed by atoms with Crippen LogP contribution in [0.3, 0.4) is 0 Å². The summed E-state index contributed by atoms with van der Waals surface area (Å²) >= 11 is 0. The van der Waals surface area contributed by atoms with E-state index in [0.29, 0.717) is 0 Å². The first-order valence-corrected chi connectivity index (χ1v) is 8.23. The summed E-state index contributed by atoms with van der Waals surface area (Å²) in [6.45, 7) is 2.13. The Morgan fingerprint density at radius 3 is 2.71 bits per heavy atom. The van der Waals surface area contributed by atoms with Crippen molar-refractivity contribution in [1.82, 2.24) is 4.90 Å². The van der Waals surface area contributed by atoms with Gasteiger partial charge in [-0.15, -0.1) is 0 Å². The van der Waals surface area contributed by atoms with E-state index in [2.05, 4.69) is 11.0 Å². The van der Waals surface area contributed by atoms with Crippen LogP contribution in [0.25, 0.3) is 0 Å². The molecule has 1 aromatic carbocycles. The van der Waals surface area contributed by atoms with Crippen LogP contribution in [-0.4, -0.2) is 24.0 Å². The van der Waals surface area contributed by atoms with E-state index in [1.54, 1.807) is 0 Å². The van der Waals surface area contributed by atoms with Gasteiger partial charge in [0.25, 0.3) is 0 Å². The van der Waals surface area contributed by atoms with Gasteiger partial charge in [0.2, 0.25) is 0 Å². The van der Waals surface area contributed by atoms with Crippen LogP contribution in [0.2, 0.25) is 0 Å². The zero-order chi connectivity index (χ0) is 14.7. The zero-order valence-corrected chi connectivity index (χ0v) is 12.7. The molecule has 3 rings (SSSR count). The summed E-state index contributed by atoms with van der Waals surface area (Å²) in [6, 6.07) is 12.9. The number of hydrogen-bond acceptors (Lipinski definition) is 3. The lowest BCUT2D eigenvalue weighted by Crippen LogP contribution is -2.42. The molecule has 1 aliphatic heterocycles. The first kappa shape index (κ1) is 14.6. The molecule has 0 amide bonds. The molecule has 3 nitrogen and oxygen atoms in total. The number of nitriles is 1. The number of nitrogens with zero attached hydrogens (tertiary/aromatic N) is 2. The quantitative estimate of drug-likeness (QED) is 0.924. The second-order valence-corrected chi connectivity index (χ2v) is 6.64. The molecule has 1 saturated heterocycles. The lowest BCUT2D eigenvalue weighted by molar-refractivity contribution is 0.173. The maximum absolute atomic E-state index is 9.55. The Labute approximate surface area is 127 Å². The normalized spacial score (nSPS) is 28.6. The fourth-order valence-corrected chi connectivity index (χ4v) is 4.10. The maximum atomic E-state index is 9.55. The molecular weight excluding hydrogens is 258 g/mol. The average molecular weight is 283 g/mol. The van der Waals surface area contributed by atoms with Gasteiger partial charge in [-0.3, -0.25) is 4.90 Å². The molecule has 0 spiro atoms. The van der Waals surface area contributed by atoms with E-state index in [9.17, 15) is 5.26 Å². The minimum Gasteiger partial charge on any atom is -0.310 e. The molecule has 3 heteroatoms. The van der Waals surface area contributed by atoms with Crippen LogP contribution in [0.5, 0.6) is 0 Å². The lowest BCUT2D eigenvalue weighted by Gasteiger charge is -2.33. The van der Waals surface area contributed by atoms with Crippen LogP contribution < -0.4 is 5.73 Å². The number of likely N-dealkylation sites (tertiary alicyclic amines) is 1. The second kappa shape index (κ2) is 6.17. The Bertz CT molecular complexity index is 507. The molecule has 0 aromatic heterocycles. The molecule has 1 heterocycles. The number of rotatable bonds is 4. The molecule has 1 aromatic rings. The van der Waals surface area contributed by atoms with Crippen molar-refractivity contribution in [1.29, 1.82) is 5.26 Å². The lowest BCUT2D eigenvalue weighted by atomic mass is 9.84. The third-order valence-electron chi connectivity index (χ3n) is 5.41. The Balaban J connectivity index is 1.65. The van der Waals surface area contributed by atoms with Gasteiger partial charge >= 0.3 is 0 Å². The van der Waals surface area contributed by atoms with Crippen molar-refractivity contribution in [3.63, 3.8) is 0 Å². The predicted octanol–water partition coefficient (Wildman–Crippen LogP) is 3.02. The highest BCUT2D eigenvalue weighted by atomic mass is 15.2. The van der Waals surface area contributed by atoms with Crippen molar-refractivity contribution in [3.05, 3.63) is 35.9 Å². The van der Waals surface area contributed by atoms with E-state index in [0.717, 1.165) is 30.5 Å². The highest BCUT2D eigenvalue weighted by molar-refractivity contribution is 5.30. The van der Waals surface area contributed by atoms with Gasteiger partial charge in [0.05, 0.1) is 6.07 Å². The molecule has 3 unspecified atom stereocenters. The largest absolute Gasteiger partial charge is 0.310 e. The van der Waals surface area contributed by atoms with E-state index in [1.165, 1.54) is 38.6 Å². The third kappa shape index (κ3) is 2.97. The number of nitrogens with two attached hydrogens (primary N) is 1. The van der Waals surface area contributed by atoms with Gasteiger partial charge in [0.1, 0.15) is 5.54 Å². The van der Waals surface area contributed by atoms with Crippen LogP contribution >= 0.6 is 0 Å². The molecule has 3 atom stereocenters. The van der Waals surface area contributed by atoms with E-state index in [1.807, 2.05) is 30.3 Å².